The number of rotatable bonds is 4. The van der Waals surface area contributed by atoms with Crippen LogP contribution in [0.4, 0.5) is 5.69 Å². The highest BCUT2D eigenvalue weighted by Crippen LogP contribution is 2.37. The van der Waals surface area contributed by atoms with Gasteiger partial charge in [0.15, 0.2) is 11.2 Å². The van der Waals surface area contributed by atoms with Gasteiger partial charge in [-0.2, -0.15) is 4.98 Å². The Labute approximate surface area is 207 Å². The van der Waals surface area contributed by atoms with Crippen molar-refractivity contribution in [2.45, 2.75) is 35.7 Å². The molecular formula is C22H16Cl2N6O3S. The summed E-state index contributed by atoms with van der Waals surface area (Å²) in [5.74, 6) is -0.887. The standard InChI is InChI=1S/C22H16Cl2N6O3S/c23-14-8-7-12-19(28-14)25-10-16(26-12)34-13-5-3-4-11(18(13)24)27-20(31)17-21(32)29-15-6-1-2-9-30(15)22(17)33/h3-5,7-8,10,32H,1-2,6,9H2,(H,27,31). The SMILES string of the molecule is O=C(Nc1cccc(Sc2cnc3nc(Cl)ccc3n2)c1Cl)c1c(O)nc2n(c1=O)CCCC2. The van der Waals surface area contributed by atoms with Gasteiger partial charge in [0.05, 0.1) is 16.9 Å². The highest BCUT2D eigenvalue weighted by molar-refractivity contribution is 7.99. The van der Waals surface area contributed by atoms with Crippen molar-refractivity contribution in [3.05, 3.63) is 68.4 Å². The molecule has 12 heteroatoms. The maximum atomic E-state index is 12.9. The van der Waals surface area contributed by atoms with Crippen molar-refractivity contribution in [2.75, 3.05) is 5.32 Å². The Hall–Kier alpha value is -3.21. The van der Waals surface area contributed by atoms with E-state index in [-0.39, 0.29) is 10.7 Å². The van der Waals surface area contributed by atoms with Crippen molar-refractivity contribution in [1.82, 2.24) is 24.5 Å². The number of benzene rings is 1. The number of nitrogens with zero attached hydrogens (tertiary/aromatic N) is 5. The quantitative estimate of drug-likeness (QED) is 0.385. The second kappa shape index (κ2) is 9.21. The fourth-order valence-corrected chi connectivity index (χ4v) is 4.91. The molecule has 0 fully saturated rings. The molecule has 0 bridgehead atoms. The summed E-state index contributed by atoms with van der Waals surface area (Å²) in [5, 5.41) is 14.0. The summed E-state index contributed by atoms with van der Waals surface area (Å²) in [6, 6.07) is 8.42. The van der Waals surface area contributed by atoms with Crippen LogP contribution in [0.3, 0.4) is 0 Å². The number of anilines is 1. The fraction of sp³-hybridized carbons (Fsp3) is 0.182. The Kier molecular flexibility index (Phi) is 6.11. The lowest BCUT2D eigenvalue weighted by Crippen LogP contribution is -2.34. The minimum Gasteiger partial charge on any atom is -0.493 e. The summed E-state index contributed by atoms with van der Waals surface area (Å²) in [6.45, 7) is 0.461. The Morgan fingerprint density at radius 1 is 1.12 bits per heavy atom. The van der Waals surface area contributed by atoms with Gasteiger partial charge >= 0.3 is 0 Å². The van der Waals surface area contributed by atoms with Crippen molar-refractivity contribution in [3.63, 3.8) is 0 Å². The lowest BCUT2D eigenvalue weighted by Gasteiger charge is -2.18. The molecule has 1 aliphatic rings. The lowest BCUT2D eigenvalue weighted by molar-refractivity contribution is 0.102. The van der Waals surface area contributed by atoms with E-state index < -0.39 is 22.9 Å². The second-order valence-corrected chi connectivity index (χ2v) is 9.33. The summed E-state index contributed by atoms with van der Waals surface area (Å²) in [5.41, 5.74) is 0.299. The predicted molar refractivity (Wildman–Crippen MR) is 129 cm³/mol. The molecule has 34 heavy (non-hydrogen) atoms. The zero-order valence-electron chi connectivity index (χ0n) is 17.5. The minimum atomic E-state index is -0.784. The van der Waals surface area contributed by atoms with E-state index in [1.54, 1.807) is 36.5 Å². The highest BCUT2D eigenvalue weighted by atomic mass is 35.5. The van der Waals surface area contributed by atoms with Gasteiger partial charge in [-0.15, -0.1) is 0 Å². The molecular weight excluding hydrogens is 499 g/mol. The van der Waals surface area contributed by atoms with E-state index in [4.69, 9.17) is 23.2 Å². The third-order valence-corrected chi connectivity index (χ3v) is 6.96. The van der Waals surface area contributed by atoms with Crippen LogP contribution in [-0.4, -0.2) is 35.5 Å². The molecule has 0 aliphatic carbocycles. The number of amides is 1. The second-order valence-electron chi connectivity index (χ2n) is 7.50. The van der Waals surface area contributed by atoms with Gasteiger partial charge in [-0.3, -0.25) is 14.2 Å². The van der Waals surface area contributed by atoms with Crippen LogP contribution in [0.25, 0.3) is 11.2 Å². The van der Waals surface area contributed by atoms with E-state index in [1.807, 2.05) is 0 Å². The van der Waals surface area contributed by atoms with E-state index in [9.17, 15) is 14.7 Å². The number of pyridine rings is 1. The zero-order valence-corrected chi connectivity index (χ0v) is 19.8. The molecule has 172 valence electrons. The molecule has 0 saturated carbocycles. The molecule has 2 N–H and O–H groups in total. The van der Waals surface area contributed by atoms with Crippen LogP contribution in [0.15, 0.2) is 51.2 Å². The van der Waals surface area contributed by atoms with Gasteiger partial charge in [-0.05, 0) is 37.1 Å². The van der Waals surface area contributed by atoms with E-state index in [0.717, 1.165) is 12.8 Å². The van der Waals surface area contributed by atoms with Gasteiger partial charge in [-0.25, -0.2) is 15.0 Å². The van der Waals surface area contributed by atoms with Crippen LogP contribution < -0.4 is 10.9 Å². The third-order valence-electron chi connectivity index (χ3n) is 5.26. The van der Waals surface area contributed by atoms with Crippen molar-refractivity contribution in [1.29, 1.82) is 0 Å². The molecule has 0 unspecified atom stereocenters. The van der Waals surface area contributed by atoms with Crippen LogP contribution in [-0.2, 0) is 13.0 Å². The normalized spacial score (nSPS) is 13.0. The topological polar surface area (TPSA) is 123 Å². The smallest absolute Gasteiger partial charge is 0.270 e. The van der Waals surface area contributed by atoms with Gasteiger partial charge in [0.1, 0.15) is 21.5 Å². The van der Waals surface area contributed by atoms with Crippen molar-refractivity contribution in [3.8, 4) is 5.88 Å². The third kappa shape index (κ3) is 4.31. The van der Waals surface area contributed by atoms with E-state index in [0.29, 0.717) is 45.0 Å². The average Bonchev–Trinajstić information content (AvgIpc) is 2.82. The number of halogens is 2. The molecule has 9 nitrogen and oxygen atoms in total. The summed E-state index contributed by atoms with van der Waals surface area (Å²) in [6.07, 6.45) is 3.82. The van der Waals surface area contributed by atoms with Crippen molar-refractivity contribution < 1.29 is 9.90 Å². The molecule has 4 aromatic rings. The molecule has 3 aromatic heterocycles. The number of aromatic nitrogens is 5. The molecule has 0 atom stereocenters. The largest absolute Gasteiger partial charge is 0.493 e. The van der Waals surface area contributed by atoms with E-state index in [2.05, 4.69) is 25.3 Å². The Balaban J connectivity index is 1.42. The number of aromatic hydroxyl groups is 1. The van der Waals surface area contributed by atoms with E-state index >= 15 is 0 Å². The number of hydrogen-bond donors (Lipinski definition) is 2. The summed E-state index contributed by atoms with van der Waals surface area (Å²) in [7, 11) is 0. The van der Waals surface area contributed by atoms with Crippen molar-refractivity contribution >= 4 is 57.7 Å². The fourth-order valence-electron chi connectivity index (χ4n) is 3.66. The number of nitrogens with one attached hydrogen (secondary N) is 1. The molecule has 1 aromatic carbocycles. The summed E-state index contributed by atoms with van der Waals surface area (Å²) < 4.78 is 1.44. The first kappa shape index (κ1) is 22.6. The maximum absolute atomic E-state index is 12.9. The van der Waals surface area contributed by atoms with Crippen LogP contribution in [0.2, 0.25) is 10.2 Å². The Morgan fingerprint density at radius 2 is 1.97 bits per heavy atom. The summed E-state index contributed by atoms with van der Waals surface area (Å²) in [4.78, 5) is 43.3. The molecule has 5 rings (SSSR count). The zero-order chi connectivity index (χ0) is 23.8. The highest BCUT2D eigenvalue weighted by Gasteiger charge is 2.24. The Morgan fingerprint density at radius 3 is 2.82 bits per heavy atom. The Bertz CT molecular complexity index is 1510. The number of carbonyl (C=O) groups excluding carboxylic acids is 1. The molecule has 0 radical (unpaired) electrons. The number of aryl methyl sites for hydroxylation is 1. The monoisotopic (exact) mass is 514 g/mol. The van der Waals surface area contributed by atoms with Gasteiger partial charge in [-0.1, -0.05) is 41.0 Å². The van der Waals surface area contributed by atoms with Crippen LogP contribution in [0, 0.1) is 0 Å². The molecule has 0 spiro atoms. The first-order valence-electron chi connectivity index (χ1n) is 10.3. The van der Waals surface area contributed by atoms with Crippen LogP contribution in [0.5, 0.6) is 5.88 Å². The van der Waals surface area contributed by atoms with Crippen LogP contribution in [0.1, 0.15) is 29.0 Å². The van der Waals surface area contributed by atoms with Gasteiger partial charge in [0.25, 0.3) is 11.5 Å². The maximum Gasteiger partial charge on any atom is 0.270 e. The number of carbonyl (C=O) groups is 1. The number of hydrogen-bond acceptors (Lipinski definition) is 8. The predicted octanol–water partition coefficient (Wildman–Crippen LogP) is 4.33. The first-order valence-corrected chi connectivity index (χ1v) is 11.9. The molecule has 1 aliphatic heterocycles. The summed E-state index contributed by atoms with van der Waals surface area (Å²) >= 11 is 13.7. The first-order chi connectivity index (χ1) is 16.4. The number of fused-ring (bicyclic) bond motifs is 2. The van der Waals surface area contributed by atoms with Crippen LogP contribution >= 0.6 is 35.0 Å². The van der Waals surface area contributed by atoms with Gasteiger partial charge in [0, 0.05) is 17.9 Å². The molecule has 0 saturated heterocycles. The average molecular weight is 515 g/mol. The minimum absolute atomic E-state index is 0.252. The molecule has 1 amide bonds. The van der Waals surface area contributed by atoms with Gasteiger partial charge < -0.3 is 10.4 Å². The van der Waals surface area contributed by atoms with E-state index in [1.165, 1.54) is 16.3 Å². The lowest BCUT2D eigenvalue weighted by atomic mass is 10.1. The molecule has 4 heterocycles. The van der Waals surface area contributed by atoms with Gasteiger partial charge in [0.2, 0.25) is 5.88 Å². The van der Waals surface area contributed by atoms with Crippen molar-refractivity contribution in [2.24, 2.45) is 0 Å².